The van der Waals surface area contributed by atoms with Crippen molar-refractivity contribution in [2.24, 2.45) is 0 Å². The van der Waals surface area contributed by atoms with E-state index in [1.165, 1.54) is 18.3 Å². The van der Waals surface area contributed by atoms with Gasteiger partial charge in [-0.05, 0) is 61.1 Å². The lowest BCUT2D eigenvalue weighted by Gasteiger charge is -2.34. The van der Waals surface area contributed by atoms with Crippen LogP contribution in [0.2, 0.25) is 5.02 Å². The lowest BCUT2D eigenvalue weighted by atomic mass is 9.69. The molecule has 1 aliphatic carbocycles. The largest absolute Gasteiger partial charge is 0.378 e. The molecular weight excluding hydrogens is 574 g/mol. The number of halogens is 2. The first-order valence-electron chi connectivity index (χ1n) is 14.7. The van der Waals surface area contributed by atoms with Gasteiger partial charge >= 0.3 is 0 Å². The second kappa shape index (κ2) is 12.5. The number of benzene rings is 3. The third kappa shape index (κ3) is 6.00. The van der Waals surface area contributed by atoms with Crippen LogP contribution in [0, 0.1) is 28.5 Å². The van der Waals surface area contributed by atoms with E-state index in [2.05, 4.69) is 43.7 Å². The average Bonchev–Trinajstić information content (AvgIpc) is 3.76. The van der Waals surface area contributed by atoms with Crippen molar-refractivity contribution in [3.05, 3.63) is 112 Å². The molecule has 1 fully saturated rings. The summed E-state index contributed by atoms with van der Waals surface area (Å²) in [6.07, 6.45) is 7.65. The lowest BCUT2D eigenvalue weighted by Crippen LogP contribution is -2.45. The fraction of sp³-hybridized carbons (Fsp3) is 0.242. The molecule has 1 aliphatic heterocycles. The van der Waals surface area contributed by atoms with Gasteiger partial charge in [0.2, 0.25) is 0 Å². The number of unbranched alkanes of at least 4 members (excludes halogenated alkanes) is 1. The topological polar surface area (TPSA) is 112 Å². The number of hydrogen-bond donors (Lipinski definition) is 4. The predicted octanol–water partition coefficient (Wildman–Crippen LogP) is 5.97. The normalized spacial score (nSPS) is 16.3. The quantitative estimate of drug-likeness (QED) is 0.122. The maximum Gasteiger partial charge on any atom is 0.148 e. The Morgan fingerprint density at radius 1 is 1.14 bits per heavy atom. The Morgan fingerprint density at radius 3 is 2.61 bits per heavy atom. The minimum absolute atomic E-state index is 0.144. The van der Waals surface area contributed by atoms with Crippen molar-refractivity contribution in [3.8, 4) is 12.1 Å². The standard InChI is InChI=1S/C33H31BClFN8/c34-33(23-9-11-24(36)12-10-23,30-20-44(43-42-30)26-13-14-26)41-25-16-27-31(22(18-38)19-39-32(27)28(35)17-25)40-29(8-4-5-15-37)21-6-2-1-3-7-21/h1-3,6-7,9-12,16-17,19-20,26,29,41-43H,4-5,8,13-14,34H2,(H,39,40). The number of nitrogens with zero attached hydrogens (tertiary/aromatic N) is 4. The van der Waals surface area contributed by atoms with Crippen molar-refractivity contribution in [2.75, 3.05) is 10.6 Å². The van der Waals surface area contributed by atoms with Gasteiger partial charge in [0, 0.05) is 35.9 Å². The zero-order chi connectivity index (χ0) is 30.7. The van der Waals surface area contributed by atoms with E-state index in [1.807, 2.05) is 56.5 Å². The van der Waals surface area contributed by atoms with E-state index in [9.17, 15) is 9.65 Å². The molecule has 11 heteroatoms. The molecule has 44 heavy (non-hydrogen) atoms. The molecule has 1 aromatic heterocycles. The number of fused-ring (bicyclic) bond motifs is 1. The Kier molecular flexibility index (Phi) is 8.30. The molecule has 2 heterocycles. The molecule has 2 unspecified atom stereocenters. The monoisotopic (exact) mass is 604 g/mol. The van der Waals surface area contributed by atoms with Crippen LogP contribution in [0.15, 0.2) is 84.8 Å². The van der Waals surface area contributed by atoms with Crippen LogP contribution >= 0.6 is 11.6 Å². The fourth-order valence-electron chi connectivity index (χ4n) is 5.64. The predicted molar refractivity (Wildman–Crippen MR) is 173 cm³/mol. The van der Waals surface area contributed by atoms with E-state index in [0.717, 1.165) is 29.7 Å². The summed E-state index contributed by atoms with van der Waals surface area (Å²) < 4.78 is 14.0. The van der Waals surface area contributed by atoms with Gasteiger partial charge in [0.05, 0.1) is 45.0 Å². The Balaban J connectivity index is 1.43. The van der Waals surface area contributed by atoms with Gasteiger partial charge in [-0.1, -0.05) is 54.1 Å². The molecule has 0 spiro atoms. The summed E-state index contributed by atoms with van der Waals surface area (Å²) >= 11 is 6.86. The van der Waals surface area contributed by atoms with E-state index >= 15 is 0 Å². The summed E-state index contributed by atoms with van der Waals surface area (Å²) in [6, 6.07) is 25.0. The molecule has 2 aliphatic rings. The van der Waals surface area contributed by atoms with Crippen LogP contribution in [0.4, 0.5) is 15.8 Å². The molecule has 6 rings (SSSR count). The molecule has 2 atom stereocenters. The molecule has 4 N–H and O–H groups in total. The van der Waals surface area contributed by atoms with Gasteiger partial charge in [-0.3, -0.25) is 9.99 Å². The van der Waals surface area contributed by atoms with Gasteiger partial charge in [-0.25, -0.2) is 4.39 Å². The molecule has 4 aromatic rings. The van der Waals surface area contributed by atoms with Crippen molar-refractivity contribution in [1.29, 1.82) is 10.5 Å². The van der Waals surface area contributed by atoms with Crippen molar-refractivity contribution < 1.29 is 4.39 Å². The maximum atomic E-state index is 14.0. The summed E-state index contributed by atoms with van der Waals surface area (Å²) in [5, 5.41) is 29.7. The number of hydrogen-bond acceptors (Lipinski definition) is 8. The van der Waals surface area contributed by atoms with Crippen LogP contribution in [0.5, 0.6) is 0 Å². The molecule has 0 bridgehead atoms. The number of anilines is 2. The Morgan fingerprint density at radius 2 is 1.91 bits per heavy atom. The molecule has 0 radical (unpaired) electrons. The van der Waals surface area contributed by atoms with Crippen LogP contribution in [0.25, 0.3) is 10.9 Å². The Bertz CT molecular complexity index is 1780. The third-order valence-electron chi connectivity index (χ3n) is 8.23. The van der Waals surface area contributed by atoms with E-state index in [-0.39, 0.29) is 11.9 Å². The second-order valence-corrected chi connectivity index (χ2v) is 11.8. The van der Waals surface area contributed by atoms with E-state index in [1.54, 1.807) is 12.1 Å². The third-order valence-corrected chi connectivity index (χ3v) is 8.52. The van der Waals surface area contributed by atoms with E-state index < -0.39 is 5.44 Å². The Hall–Kier alpha value is -4.77. The number of rotatable bonds is 11. The first kappa shape index (κ1) is 29.3. The van der Waals surface area contributed by atoms with Crippen molar-refractivity contribution in [1.82, 2.24) is 21.0 Å². The van der Waals surface area contributed by atoms with Crippen LogP contribution in [0.3, 0.4) is 0 Å². The van der Waals surface area contributed by atoms with Crippen LogP contribution in [0.1, 0.15) is 54.8 Å². The minimum atomic E-state index is -0.806. The molecule has 0 amide bonds. The molecule has 8 nitrogen and oxygen atoms in total. The van der Waals surface area contributed by atoms with Gasteiger partial charge in [0.1, 0.15) is 19.7 Å². The lowest BCUT2D eigenvalue weighted by molar-refractivity contribution is 0.260. The first-order valence-corrected chi connectivity index (χ1v) is 15.0. The smallest absolute Gasteiger partial charge is 0.148 e. The highest BCUT2D eigenvalue weighted by Crippen LogP contribution is 2.39. The number of pyridine rings is 1. The van der Waals surface area contributed by atoms with Gasteiger partial charge in [0.25, 0.3) is 0 Å². The molecular formula is C33H31BClFN8. The highest BCUT2D eigenvalue weighted by Gasteiger charge is 2.38. The van der Waals surface area contributed by atoms with Crippen LogP contribution in [-0.2, 0) is 5.44 Å². The average molecular weight is 605 g/mol. The summed E-state index contributed by atoms with van der Waals surface area (Å²) in [5.41, 5.74) is 10.8. The maximum absolute atomic E-state index is 14.0. The molecule has 1 saturated carbocycles. The number of hydrazine groups is 2. The zero-order valence-electron chi connectivity index (χ0n) is 24.2. The summed E-state index contributed by atoms with van der Waals surface area (Å²) in [7, 11) is 2.03. The van der Waals surface area contributed by atoms with Crippen molar-refractivity contribution >= 4 is 41.7 Å². The molecule has 0 saturated heterocycles. The summed E-state index contributed by atoms with van der Waals surface area (Å²) in [6.45, 7) is 0. The number of nitriles is 2. The van der Waals surface area contributed by atoms with Gasteiger partial charge in [-0.15, -0.1) is 5.53 Å². The zero-order valence-corrected chi connectivity index (χ0v) is 25.0. The van der Waals surface area contributed by atoms with E-state index in [4.69, 9.17) is 16.9 Å². The van der Waals surface area contributed by atoms with Crippen molar-refractivity contribution in [3.63, 3.8) is 0 Å². The SMILES string of the molecule is BC(Nc1cc(Cl)c2ncc(C#N)c(NC(CCCC#N)c3ccccc3)c2c1)(C1=CN(C2CC2)NN1)c1ccc(F)cc1. The number of aromatic nitrogens is 1. The van der Waals surface area contributed by atoms with Crippen molar-refractivity contribution in [2.45, 2.75) is 49.6 Å². The highest BCUT2D eigenvalue weighted by atomic mass is 35.5. The molecule has 3 aromatic carbocycles. The first-order chi connectivity index (χ1) is 21.4. The fourth-order valence-corrected chi connectivity index (χ4v) is 5.91. The van der Waals surface area contributed by atoms with Crippen LogP contribution in [-0.4, -0.2) is 23.9 Å². The number of nitrogens with one attached hydrogen (secondary N) is 4. The van der Waals surface area contributed by atoms with Crippen LogP contribution < -0.4 is 21.6 Å². The second-order valence-electron chi connectivity index (χ2n) is 11.3. The van der Waals surface area contributed by atoms with Gasteiger partial charge in [-0.2, -0.15) is 10.5 Å². The van der Waals surface area contributed by atoms with Gasteiger partial charge < -0.3 is 16.1 Å². The molecule has 220 valence electrons. The highest BCUT2D eigenvalue weighted by molar-refractivity contribution is 6.36. The van der Waals surface area contributed by atoms with Gasteiger partial charge in [0.15, 0.2) is 0 Å². The minimum Gasteiger partial charge on any atom is -0.378 e. The summed E-state index contributed by atoms with van der Waals surface area (Å²) in [5.74, 6) is -0.315. The Labute approximate surface area is 261 Å². The summed E-state index contributed by atoms with van der Waals surface area (Å²) in [4.78, 5) is 4.54. The van der Waals surface area contributed by atoms with E-state index in [0.29, 0.717) is 58.2 Å².